The van der Waals surface area contributed by atoms with Gasteiger partial charge in [0, 0.05) is 25.6 Å². The van der Waals surface area contributed by atoms with Crippen LogP contribution in [0.15, 0.2) is 24.3 Å². The summed E-state index contributed by atoms with van der Waals surface area (Å²) in [4.78, 5) is 0. The van der Waals surface area contributed by atoms with Crippen molar-refractivity contribution >= 4 is 0 Å². The first kappa shape index (κ1) is 13.1. The summed E-state index contributed by atoms with van der Waals surface area (Å²) < 4.78 is 0. The van der Waals surface area contributed by atoms with Crippen LogP contribution in [0.5, 0.6) is 0 Å². The maximum absolute atomic E-state index is 5.83. The molecule has 0 bridgehead atoms. The quantitative estimate of drug-likeness (QED) is 0.594. The van der Waals surface area contributed by atoms with E-state index in [0.29, 0.717) is 6.54 Å². The second kappa shape index (κ2) is 6.58. The molecule has 0 aliphatic heterocycles. The first-order valence-electron chi connectivity index (χ1n) is 6.78. The largest absolute Gasteiger partial charge is 0.329 e. The zero-order valence-electron chi connectivity index (χ0n) is 11.1. The molecule has 1 aromatic carbocycles. The lowest BCUT2D eigenvalue weighted by Gasteiger charge is -2.17. The predicted octanol–water partition coefficient (Wildman–Crippen LogP) is 2.57. The van der Waals surface area contributed by atoms with E-state index in [1.165, 1.54) is 24.0 Å². The van der Waals surface area contributed by atoms with Crippen molar-refractivity contribution in [3.05, 3.63) is 35.4 Å². The smallest absolute Gasteiger partial charge is 0.0444 e. The van der Waals surface area contributed by atoms with Crippen LogP contribution in [0.2, 0.25) is 0 Å². The zero-order chi connectivity index (χ0) is 12.8. The van der Waals surface area contributed by atoms with E-state index in [4.69, 9.17) is 5.73 Å². The van der Waals surface area contributed by atoms with E-state index in [2.05, 4.69) is 41.4 Å². The van der Waals surface area contributed by atoms with E-state index in [9.17, 15) is 0 Å². The van der Waals surface area contributed by atoms with Crippen LogP contribution >= 0.6 is 0 Å². The molecule has 2 rings (SSSR count). The Morgan fingerprint density at radius 1 is 1.33 bits per heavy atom. The van der Waals surface area contributed by atoms with Crippen LogP contribution in [0.1, 0.15) is 49.3 Å². The van der Waals surface area contributed by atoms with E-state index in [-0.39, 0.29) is 6.04 Å². The number of nitrogens with two attached hydrogens (primary N) is 1. The Labute approximate surface area is 110 Å². The minimum Gasteiger partial charge on any atom is -0.329 e. The van der Waals surface area contributed by atoms with Crippen molar-refractivity contribution in [1.29, 1.82) is 0 Å². The minimum atomic E-state index is 0.247. The fourth-order valence-electron chi connectivity index (χ4n) is 2.19. The van der Waals surface area contributed by atoms with E-state index >= 15 is 0 Å². The van der Waals surface area contributed by atoms with Crippen LogP contribution in [0.3, 0.4) is 0 Å². The van der Waals surface area contributed by atoms with Gasteiger partial charge in [0.05, 0.1) is 0 Å². The number of benzene rings is 1. The molecular formula is C16H22N2. The van der Waals surface area contributed by atoms with Gasteiger partial charge in [0.1, 0.15) is 0 Å². The average molecular weight is 242 g/mol. The number of hydrogen-bond donors (Lipinski definition) is 2. The van der Waals surface area contributed by atoms with Gasteiger partial charge in [-0.2, -0.15) is 0 Å². The van der Waals surface area contributed by atoms with Crippen molar-refractivity contribution in [3.8, 4) is 11.8 Å². The molecule has 0 spiro atoms. The summed E-state index contributed by atoms with van der Waals surface area (Å²) in [7, 11) is 0. The summed E-state index contributed by atoms with van der Waals surface area (Å²) in [6.45, 7) is 3.40. The van der Waals surface area contributed by atoms with Gasteiger partial charge in [-0.25, -0.2) is 0 Å². The molecule has 1 unspecified atom stereocenters. The second-order valence-electron chi connectivity index (χ2n) is 4.86. The van der Waals surface area contributed by atoms with E-state index < -0.39 is 0 Å². The van der Waals surface area contributed by atoms with Gasteiger partial charge in [-0.05, 0) is 36.8 Å². The molecule has 2 heteroatoms. The van der Waals surface area contributed by atoms with E-state index in [1.807, 2.05) is 6.92 Å². The molecule has 1 saturated carbocycles. The molecule has 96 valence electrons. The lowest BCUT2D eigenvalue weighted by Crippen LogP contribution is -2.28. The molecule has 1 aromatic rings. The van der Waals surface area contributed by atoms with Crippen molar-refractivity contribution in [3.63, 3.8) is 0 Å². The third-order valence-corrected chi connectivity index (χ3v) is 3.44. The standard InChI is InChI=1S/C16H22N2/c1-2-3-4-11-18-16(12-17)15-9-7-14(8-10-15)13-5-6-13/h7-10,13,16,18H,4-6,11-12,17H2,1H3. The van der Waals surface area contributed by atoms with Crippen LogP contribution in [0, 0.1) is 11.8 Å². The zero-order valence-corrected chi connectivity index (χ0v) is 11.1. The Morgan fingerprint density at radius 3 is 2.61 bits per heavy atom. The summed E-state index contributed by atoms with van der Waals surface area (Å²) in [6.07, 6.45) is 3.59. The molecule has 1 aliphatic rings. The minimum absolute atomic E-state index is 0.247. The third kappa shape index (κ3) is 3.60. The lowest BCUT2D eigenvalue weighted by atomic mass is 10.0. The molecule has 0 amide bonds. The Morgan fingerprint density at radius 2 is 2.06 bits per heavy atom. The molecule has 2 nitrogen and oxygen atoms in total. The summed E-state index contributed by atoms with van der Waals surface area (Å²) >= 11 is 0. The molecule has 1 fully saturated rings. The van der Waals surface area contributed by atoms with Crippen molar-refractivity contribution in [2.45, 2.75) is 38.1 Å². The Balaban J connectivity index is 1.90. The Bertz CT molecular complexity index is 421. The molecule has 1 aliphatic carbocycles. The maximum atomic E-state index is 5.83. The van der Waals surface area contributed by atoms with Crippen molar-refractivity contribution < 1.29 is 0 Å². The molecule has 1 atom stereocenters. The Kier molecular flexibility index (Phi) is 4.81. The van der Waals surface area contributed by atoms with Crippen molar-refractivity contribution in [1.82, 2.24) is 5.32 Å². The maximum Gasteiger partial charge on any atom is 0.0444 e. The molecule has 0 radical (unpaired) electrons. The van der Waals surface area contributed by atoms with Crippen molar-refractivity contribution in [2.75, 3.05) is 13.1 Å². The highest BCUT2D eigenvalue weighted by atomic mass is 14.9. The fraction of sp³-hybridized carbons (Fsp3) is 0.500. The number of rotatable bonds is 6. The highest BCUT2D eigenvalue weighted by molar-refractivity contribution is 5.29. The lowest BCUT2D eigenvalue weighted by molar-refractivity contribution is 0.550. The van der Waals surface area contributed by atoms with Gasteiger partial charge in [0.2, 0.25) is 0 Å². The van der Waals surface area contributed by atoms with Gasteiger partial charge in [0.25, 0.3) is 0 Å². The molecule has 0 saturated heterocycles. The second-order valence-corrected chi connectivity index (χ2v) is 4.86. The molecular weight excluding hydrogens is 220 g/mol. The van der Waals surface area contributed by atoms with Crippen LogP contribution in [0.25, 0.3) is 0 Å². The molecule has 0 aromatic heterocycles. The summed E-state index contributed by atoms with van der Waals surface area (Å²) in [5.74, 6) is 6.79. The highest BCUT2D eigenvalue weighted by Gasteiger charge is 2.23. The van der Waals surface area contributed by atoms with Crippen LogP contribution < -0.4 is 11.1 Å². The molecule has 3 N–H and O–H groups in total. The summed E-state index contributed by atoms with van der Waals surface area (Å²) in [5, 5.41) is 3.46. The molecule has 0 heterocycles. The van der Waals surface area contributed by atoms with Gasteiger partial charge < -0.3 is 11.1 Å². The predicted molar refractivity (Wildman–Crippen MR) is 76.3 cm³/mol. The first-order chi connectivity index (χ1) is 8.85. The Hall–Kier alpha value is -1.30. The van der Waals surface area contributed by atoms with Crippen molar-refractivity contribution in [2.24, 2.45) is 5.73 Å². The first-order valence-corrected chi connectivity index (χ1v) is 6.78. The van der Waals surface area contributed by atoms with Crippen LogP contribution in [-0.4, -0.2) is 13.1 Å². The normalized spacial score (nSPS) is 15.9. The van der Waals surface area contributed by atoms with E-state index in [0.717, 1.165) is 18.9 Å². The number of hydrogen-bond acceptors (Lipinski definition) is 2. The fourth-order valence-corrected chi connectivity index (χ4v) is 2.19. The topological polar surface area (TPSA) is 38.0 Å². The van der Waals surface area contributed by atoms with Gasteiger partial charge in [-0.3, -0.25) is 0 Å². The van der Waals surface area contributed by atoms with E-state index in [1.54, 1.807) is 0 Å². The van der Waals surface area contributed by atoms with Crippen LogP contribution in [-0.2, 0) is 0 Å². The van der Waals surface area contributed by atoms with Gasteiger partial charge in [-0.1, -0.05) is 24.3 Å². The average Bonchev–Trinajstić information content (AvgIpc) is 3.24. The summed E-state index contributed by atoms with van der Waals surface area (Å²) in [6, 6.07) is 9.18. The molecule has 18 heavy (non-hydrogen) atoms. The van der Waals surface area contributed by atoms with Gasteiger partial charge >= 0.3 is 0 Å². The van der Waals surface area contributed by atoms with Gasteiger partial charge in [-0.15, -0.1) is 11.8 Å². The number of nitrogens with one attached hydrogen (secondary N) is 1. The SMILES string of the molecule is CC#CCCNC(CN)c1ccc(C2CC2)cc1. The summed E-state index contributed by atoms with van der Waals surface area (Å²) in [5.41, 5.74) is 8.59. The van der Waals surface area contributed by atoms with Gasteiger partial charge in [0.15, 0.2) is 0 Å². The third-order valence-electron chi connectivity index (χ3n) is 3.44. The highest BCUT2D eigenvalue weighted by Crippen LogP contribution is 2.40. The van der Waals surface area contributed by atoms with Crippen LogP contribution in [0.4, 0.5) is 0 Å². The monoisotopic (exact) mass is 242 g/mol.